The Kier molecular flexibility index (Phi) is 5.89. The summed E-state index contributed by atoms with van der Waals surface area (Å²) in [5, 5.41) is 11.9. The zero-order chi connectivity index (χ0) is 14.3. The van der Waals surface area contributed by atoms with Crippen molar-refractivity contribution in [3.63, 3.8) is 0 Å². The van der Waals surface area contributed by atoms with Crippen molar-refractivity contribution in [3.05, 3.63) is 36.4 Å². The fourth-order valence-corrected chi connectivity index (χ4v) is 1.46. The van der Waals surface area contributed by atoms with Gasteiger partial charge in [-0.2, -0.15) is 0 Å². The van der Waals surface area contributed by atoms with E-state index in [4.69, 9.17) is 9.47 Å². The third-order valence-corrected chi connectivity index (χ3v) is 2.54. The Hall–Kier alpha value is -2.01. The van der Waals surface area contributed by atoms with Crippen LogP contribution in [0.5, 0.6) is 11.5 Å². The second-order valence-corrected chi connectivity index (χ2v) is 3.93. The smallest absolute Gasteiger partial charge is 0.261 e. The van der Waals surface area contributed by atoms with Crippen LogP contribution >= 0.6 is 0 Å². The number of carbonyl (C=O) groups is 1. The lowest BCUT2D eigenvalue weighted by molar-refractivity contribution is -0.127. The molecule has 1 rings (SSSR count). The highest BCUT2D eigenvalue weighted by Crippen LogP contribution is 2.25. The number of nitrogens with one attached hydrogen (secondary N) is 1. The molecule has 1 amide bonds. The zero-order valence-corrected chi connectivity index (χ0v) is 11.2. The Morgan fingerprint density at radius 1 is 1.58 bits per heavy atom. The van der Waals surface area contributed by atoms with Gasteiger partial charge in [-0.25, -0.2) is 0 Å². The fraction of sp³-hybridized carbons (Fsp3) is 0.357. The van der Waals surface area contributed by atoms with E-state index in [0.717, 1.165) is 0 Å². The third-order valence-electron chi connectivity index (χ3n) is 2.54. The van der Waals surface area contributed by atoms with E-state index in [0.29, 0.717) is 23.6 Å². The molecule has 1 unspecified atom stereocenters. The summed E-state index contributed by atoms with van der Waals surface area (Å²) in [6.07, 6.45) is 0.923. The third kappa shape index (κ3) is 4.30. The van der Waals surface area contributed by atoms with E-state index in [9.17, 15) is 9.90 Å². The number of hydrogen-bond acceptors (Lipinski definition) is 4. The van der Waals surface area contributed by atoms with Crippen molar-refractivity contribution in [2.45, 2.75) is 19.6 Å². The van der Waals surface area contributed by atoms with Crippen LogP contribution in [-0.4, -0.2) is 30.8 Å². The van der Waals surface area contributed by atoms with Gasteiger partial charge in [-0.1, -0.05) is 6.08 Å². The van der Waals surface area contributed by atoms with Gasteiger partial charge in [0.2, 0.25) is 0 Å². The fourth-order valence-electron chi connectivity index (χ4n) is 1.46. The van der Waals surface area contributed by atoms with E-state index in [2.05, 4.69) is 11.9 Å². The number of aliphatic hydroxyl groups excluding tert-OH is 1. The number of methoxy groups -OCH3 is 1. The molecule has 0 saturated carbocycles. The highest BCUT2D eigenvalue weighted by Gasteiger charge is 2.16. The summed E-state index contributed by atoms with van der Waals surface area (Å²) in [6.45, 7) is 5.38. The first-order chi connectivity index (χ1) is 9.12. The minimum Gasteiger partial charge on any atom is -0.497 e. The number of hydrogen-bond donors (Lipinski definition) is 2. The molecule has 0 aliphatic carbocycles. The van der Waals surface area contributed by atoms with Crippen molar-refractivity contribution in [1.82, 2.24) is 5.32 Å². The zero-order valence-electron chi connectivity index (χ0n) is 11.2. The Balaban J connectivity index is 2.79. The number of rotatable bonds is 7. The number of ether oxygens (including phenoxy) is 2. The molecule has 2 N–H and O–H groups in total. The van der Waals surface area contributed by atoms with Gasteiger partial charge in [0.25, 0.3) is 5.91 Å². The number of aliphatic hydroxyl groups is 1. The maximum absolute atomic E-state index is 11.7. The molecular weight excluding hydrogens is 246 g/mol. The van der Waals surface area contributed by atoms with Crippen molar-refractivity contribution in [1.29, 1.82) is 0 Å². The Morgan fingerprint density at radius 3 is 2.89 bits per heavy atom. The maximum Gasteiger partial charge on any atom is 0.261 e. The summed E-state index contributed by atoms with van der Waals surface area (Å²) >= 11 is 0. The minimum atomic E-state index is -0.669. The summed E-state index contributed by atoms with van der Waals surface area (Å²) < 4.78 is 10.6. The molecule has 0 bridgehead atoms. The molecule has 0 spiro atoms. The van der Waals surface area contributed by atoms with Gasteiger partial charge in [0.05, 0.1) is 13.7 Å². The summed E-state index contributed by atoms with van der Waals surface area (Å²) in [7, 11) is 1.54. The van der Waals surface area contributed by atoms with Crippen LogP contribution in [0.15, 0.2) is 30.9 Å². The van der Waals surface area contributed by atoms with Crippen LogP contribution in [0.3, 0.4) is 0 Å². The second kappa shape index (κ2) is 7.43. The quantitative estimate of drug-likeness (QED) is 0.728. The molecular formula is C14H19NO4. The molecule has 0 saturated heterocycles. The van der Waals surface area contributed by atoms with Gasteiger partial charge in [-0.3, -0.25) is 4.79 Å². The molecule has 0 aliphatic rings. The number of benzene rings is 1. The molecule has 0 aliphatic heterocycles. The Labute approximate surface area is 112 Å². The van der Waals surface area contributed by atoms with Gasteiger partial charge in [-0.05, 0) is 19.1 Å². The van der Waals surface area contributed by atoms with E-state index in [1.165, 1.54) is 7.11 Å². The van der Waals surface area contributed by atoms with E-state index in [1.807, 2.05) is 0 Å². The lowest BCUT2D eigenvalue weighted by Crippen LogP contribution is -2.36. The first kappa shape index (κ1) is 15.0. The lowest BCUT2D eigenvalue weighted by Gasteiger charge is -2.17. The van der Waals surface area contributed by atoms with Crippen LogP contribution in [0.4, 0.5) is 0 Å². The van der Waals surface area contributed by atoms with Crippen molar-refractivity contribution < 1.29 is 19.4 Å². The highest BCUT2D eigenvalue weighted by molar-refractivity contribution is 5.80. The van der Waals surface area contributed by atoms with Crippen LogP contribution in [0.2, 0.25) is 0 Å². The van der Waals surface area contributed by atoms with Gasteiger partial charge in [-0.15, -0.1) is 6.58 Å². The molecule has 0 fully saturated rings. The molecule has 0 aromatic heterocycles. The van der Waals surface area contributed by atoms with Gasteiger partial charge < -0.3 is 19.9 Å². The molecule has 0 heterocycles. The SMILES string of the molecule is C=CCNC(=O)C(C)Oc1cc(OC)ccc1CO. The molecule has 1 aromatic rings. The van der Waals surface area contributed by atoms with E-state index < -0.39 is 6.10 Å². The average Bonchev–Trinajstić information content (AvgIpc) is 2.44. The van der Waals surface area contributed by atoms with Crippen LogP contribution in [0.25, 0.3) is 0 Å². The van der Waals surface area contributed by atoms with Crippen molar-refractivity contribution >= 4 is 5.91 Å². The Bertz CT molecular complexity index is 445. The van der Waals surface area contributed by atoms with Crippen LogP contribution in [-0.2, 0) is 11.4 Å². The highest BCUT2D eigenvalue weighted by atomic mass is 16.5. The van der Waals surface area contributed by atoms with E-state index in [1.54, 1.807) is 31.2 Å². The normalized spacial score (nSPS) is 11.5. The second-order valence-electron chi connectivity index (χ2n) is 3.93. The summed E-state index contributed by atoms with van der Waals surface area (Å²) in [6, 6.07) is 5.06. The lowest BCUT2D eigenvalue weighted by atomic mass is 10.2. The standard InChI is InChI=1S/C14H19NO4/c1-4-7-15-14(17)10(2)19-13-8-12(18-3)6-5-11(13)9-16/h4-6,8,10,16H,1,7,9H2,2-3H3,(H,15,17). The van der Waals surface area contributed by atoms with E-state index >= 15 is 0 Å². The minimum absolute atomic E-state index is 0.166. The first-order valence-corrected chi connectivity index (χ1v) is 5.95. The maximum atomic E-state index is 11.7. The predicted molar refractivity (Wildman–Crippen MR) is 72.2 cm³/mol. The van der Waals surface area contributed by atoms with Gasteiger partial charge in [0, 0.05) is 18.2 Å². The first-order valence-electron chi connectivity index (χ1n) is 5.95. The van der Waals surface area contributed by atoms with Crippen LogP contribution in [0.1, 0.15) is 12.5 Å². The topological polar surface area (TPSA) is 67.8 Å². The molecule has 1 atom stereocenters. The molecule has 104 valence electrons. The van der Waals surface area contributed by atoms with Crippen molar-refractivity contribution in [2.75, 3.05) is 13.7 Å². The number of carbonyl (C=O) groups excluding carboxylic acids is 1. The molecule has 5 nitrogen and oxygen atoms in total. The van der Waals surface area contributed by atoms with Gasteiger partial charge in [0.1, 0.15) is 11.5 Å². The Morgan fingerprint density at radius 2 is 2.32 bits per heavy atom. The summed E-state index contributed by atoms with van der Waals surface area (Å²) in [4.78, 5) is 11.7. The molecule has 19 heavy (non-hydrogen) atoms. The molecule has 5 heteroatoms. The van der Waals surface area contributed by atoms with Gasteiger partial charge in [0.15, 0.2) is 6.10 Å². The number of amides is 1. The summed E-state index contributed by atoms with van der Waals surface area (Å²) in [5.41, 5.74) is 0.601. The van der Waals surface area contributed by atoms with Crippen molar-refractivity contribution in [3.8, 4) is 11.5 Å². The molecule has 1 aromatic carbocycles. The van der Waals surface area contributed by atoms with E-state index in [-0.39, 0.29) is 12.5 Å². The predicted octanol–water partition coefficient (Wildman–Crippen LogP) is 1.26. The van der Waals surface area contributed by atoms with Crippen LogP contribution in [0, 0.1) is 0 Å². The molecule has 0 radical (unpaired) electrons. The van der Waals surface area contributed by atoms with Crippen LogP contribution < -0.4 is 14.8 Å². The average molecular weight is 265 g/mol. The van der Waals surface area contributed by atoms with Crippen molar-refractivity contribution in [2.24, 2.45) is 0 Å². The summed E-state index contributed by atoms with van der Waals surface area (Å²) in [5.74, 6) is 0.792. The van der Waals surface area contributed by atoms with Gasteiger partial charge >= 0.3 is 0 Å². The monoisotopic (exact) mass is 265 g/mol. The largest absolute Gasteiger partial charge is 0.497 e.